The molecule has 4 aromatic rings. The molecule has 0 saturated carbocycles. The lowest BCUT2D eigenvalue weighted by atomic mass is 10.0. The molecule has 7 nitrogen and oxygen atoms in total. The Morgan fingerprint density at radius 2 is 1.67 bits per heavy atom. The number of hydrogen-bond acceptors (Lipinski definition) is 6. The van der Waals surface area contributed by atoms with E-state index in [0.717, 1.165) is 16.7 Å². The van der Waals surface area contributed by atoms with Crippen LogP contribution in [0.1, 0.15) is 29.2 Å². The highest BCUT2D eigenvalue weighted by molar-refractivity contribution is 7.89. The Kier molecular flexibility index (Phi) is 7.37. The van der Waals surface area contributed by atoms with Gasteiger partial charge in [-0.3, -0.25) is 0 Å². The van der Waals surface area contributed by atoms with Crippen molar-refractivity contribution in [3.8, 4) is 5.75 Å². The number of aryl methyl sites for hydroxylation is 3. The molecule has 0 amide bonds. The lowest BCUT2D eigenvalue weighted by molar-refractivity contribution is -0.136. The fourth-order valence-corrected chi connectivity index (χ4v) is 5.19. The normalized spacial score (nSPS) is 12.4. The number of ether oxygens (including phenoxy) is 1. The fourth-order valence-electron chi connectivity index (χ4n) is 4.00. The lowest BCUT2D eigenvalue weighted by Crippen LogP contribution is -2.44. The number of rotatable bonds is 8. The van der Waals surface area contributed by atoms with Crippen molar-refractivity contribution in [2.75, 3.05) is 0 Å². The number of benzene rings is 3. The third-order valence-electron chi connectivity index (χ3n) is 5.82. The van der Waals surface area contributed by atoms with Gasteiger partial charge in [-0.1, -0.05) is 55.0 Å². The van der Waals surface area contributed by atoms with Crippen LogP contribution in [0.4, 0.5) is 0 Å². The van der Waals surface area contributed by atoms with Crippen molar-refractivity contribution in [2.24, 2.45) is 0 Å². The molecule has 0 unspecified atom stereocenters. The summed E-state index contributed by atoms with van der Waals surface area (Å²) in [7, 11) is -4.01. The maximum Gasteiger partial charge on any atom is 0.336 e. The van der Waals surface area contributed by atoms with Gasteiger partial charge in [0.1, 0.15) is 17.4 Å². The van der Waals surface area contributed by atoms with Crippen LogP contribution in [0.25, 0.3) is 11.0 Å². The SMILES string of the molecule is CCc1cc(=O)oc2cc(C)cc(OC(=O)[C@@H](Cc3ccccc3)NS(=O)(=O)c3ccc(C)cc3)c12. The first-order chi connectivity index (χ1) is 17.2. The van der Waals surface area contributed by atoms with Crippen LogP contribution in [0, 0.1) is 13.8 Å². The van der Waals surface area contributed by atoms with Crippen LogP contribution < -0.4 is 15.1 Å². The number of carbonyl (C=O) groups excluding carboxylic acids is 1. The summed E-state index contributed by atoms with van der Waals surface area (Å²) in [4.78, 5) is 25.5. The molecule has 0 aliphatic carbocycles. The summed E-state index contributed by atoms with van der Waals surface area (Å²) >= 11 is 0. The molecule has 0 fully saturated rings. The van der Waals surface area contributed by atoms with E-state index in [-0.39, 0.29) is 17.1 Å². The number of nitrogens with one attached hydrogen (secondary N) is 1. The van der Waals surface area contributed by atoms with Crippen molar-refractivity contribution >= 4 is 27.0 Å². The van der Waals surface area contributed by atoms with Crippen LogP contribution in [0.15, 0.2) is 86.9 Å². The quantitative estimate of drug-likeness (QED) is 0.215. The first-order valence-corrected chi connectivity index (χ1v) is 13.1. The largest absolute Gasteiger partial charge is 0.425 e. The van der Waals surface area contributed by atoms with Gasteiger partial charge in [0.15, 0.2) is 0 Å². The van der Waals surface area contributed by atoms with Crippen LogP contribution in [0.2, 0.25) is 0 Å². The molecule has 0 spiro atoms. The summed E-state index contributed by atoms with van der Waals surface area (Å²) in [5, 5.41) is 0.510. The molecule has 1 aromatic heterocycles. The summed E-state index contributed by atoms with van der Waals surface area (Å²) in [6.45, 7) is 5.53. The molecule has 36 heavy (non-hydrogen) atoms. The molecule has 0 aliphatic heterocycles. The van der Waals surface area contributed by atoms with Gasteiger partial charge in [-0.15, -0.1) is 0 Å². The minimum absolute atomic E-state index is 0.0509. The molecule has 0 bridgehead atoms. The molecule has 4 rings (SSSR count). The van der Waals surface area contributed by atoms with Crippen molar-refractivity contribution in [3.05, 3.63) is 105 Å². The van der Waals surface area contributed by atoms with Crippen molar-refractivity contribution in [2.45, 2.75) is 44.6 Å². The second kappa shape index (κ2) is 10.5. The first kappa shape index (κ1) is 25.3. The molecule has 1 N–H and O–H groups in total. The van der Waals surface area contributed by atoms with E-state index in [1.54, 1.807) is 31.2 Å². The van der Waals surface area contributed by atoms with Crippen LogP contribution >= 0.6 is 0 Å². The lowest BCUT2D eigenvalue weighted by Gasteiger charge is -2.19. The Labute approximate surface area is 209 Å². The van der Waals surface area contributed by atoms with E-state index in [2.05, 4.69) is 4.72 Å². The van der Waals surface area contributed by atoms with Gasteiger partial charge in [-0.2, -0.15) is 4.72 Å². The van der Waals surface area contributed by atoms with E-state index >= 15 is 0 Å². The molecule has 1 atom stereocenters. The van der Waals surface area contributed by atoms with E-state index in [9.17, 15) is 18.0 Å². The van der Waals surface area contributed by atoms with E-state index in [4.69, 9.17) is 9.15 Å². The van der Waals surface area contributed by atoms with Gasteiger partial charge in [0.2, 0.25) is 10.0 Å². The number of fused-ring (bicyclic) bond motifs is 1. The Balaban J connectivity index is 1.72. The number of esters is 1. The summed E-state index contributed by atoms with van der Waals surface area (Å²) in [6, 6.07) is 19.0. The molecule has 1 heterocycles. The van der Waals surface area contributed by atoms with Gasteiger partial charge in [0.05, 0.1) is 10.3 Å². The van der Waals surface area contributed by atoms with Crippen molar-refractivity contribution < 1.29 is 22.4 Å². The fraction of sp³-hybridized carbons (Fsp3) is 0.214. The van der Waals surface area contributed by atoms with Crippen molar-refractivity contribution in [3.63, 3.8) is 0 Å². The third-order valence-corrected chi connectivity index (χ3v) is 7.31. The summed E-state index contributed by atoms with van der Waals surface area (Å²) in [6.07, 6.45) is 0.605. The summed E-state index contributed by atoms with van der Waals surface area (Å²) in [5.41, 5.74) is 2.89. The summed E-state index contributed by atoms with van der Waals surface area (Å²) in [5.74, 6) is -0.558. The van der Waals surface area contributed by atoms with Crippen LogP contribution in [0.5, 0.6) is 5.75 Å². The average Bonchev–Trinajstić information content (AvgIpc) is 2.83. The van der Waals surface area contributed by atoms with E-state index in [0.29, 0.717) is 23.0 Å². The number of hydrogen-bond donors (Lipinski definition) is 1. The maximum absolute atomic E-state index is 13.5. The van der Waals surface area contributed by atoms with Gasteiger partial charge < -0.3 is 9.15 Å². The predicted molar refractivity (Wildman–Crippen MR) is 138 cm³/mol. The Hall–Kier alpha value is -3.75. The maximum atomic E-state index is 13.5. The molecule has 0 radical (unpaired) electrons. The van der Waals surface area contributed by atoms with Gasteiger partial charge in [0, 0.05) is 6.07 Å². The number of sulfonamides is 1. The Morgan fingerprint density at radius 3 is 2.33 bits per heavy atom. The minimum Gasteiger partial charge on any atom is -0.425 e. The van der Waals surface area contributed by atoms with E-state index < -0.39 is 27.7 Å². The first-order valence-electron chi connectivity index (χ1n) is 11.6. The monoisotopic (exact) mass is 505 g/mol. The third kappa shape index (κ3) is 5.72. The standard InChI is InChI=1S/C28H27NO6S/c1-4-21-17-26(30)34-24-14-19(3)15-25(27(21)24)35-28(31)23(16-20-8-6-5-7-9-20)29-36(32,33)22-12-10-18(2)11-13-22/h5-15,17,23,29H,4,16H2,1-3H3/t23-/m1/s1. The highest BCUT2D eigenvalue weighted by Crippen LogP contribution is 2.30. The minimum atomic E-state index is -4.01. The topological polar surface area (TPSA) is 103 Å². The van der Waals surface area contributed by atoms with Gasteiger partial charge in [-0.05, 0) is 67.6 Å². The molecular weight excluding hydrogens is 478 g/mol. The molecular formula is C28H27NO6S. The van der Waals surface area contributed by atoms with Gasteiger partial charge in [-0.25, -0.2) is 18.0 Å². The van der Waals surface area contributed by atoms with Crippen LogP contribution in [-0.4, -0.2) is 20.4 Å². The summed E-state index contributed by atoms with van der Waals surface area (Å²) < 4.78 is 39.9. The zero-order valence-electron chi connectivity index (χ0n) is 20.3. The highest BCUT2D eigenvalue weighted by atomic mass is 32.2. The average molecular weight is 506 g/mol. The van der Waals surface area contributed by atoms with Gasteiger partial charge in [0.25, 0.3) is 0 Å². The Bertz CT molecular complexity index is 1560. The number of carbonyl (C=O) groups is 1. The van der Waals surface area contributed by atoms with E-state index in [1.807, 2.05) is 44.2 Å². The molecule has 8 heteroatoms. The molecule has 3 aromatic carbocycles. The molecule has 0 aliphatic rings. The Morgan fingerprint density at radius 1 is 0.972 bits per heavy atom. The second-order valence-electron chi connectivity index (χ2n) is 8.68. The van der Waals surface area contributed by atoms with Crippen molar-refractivity contribution in [1.29, 1.82) is 0 Å². The smallest absolute Gasteiger partial charge is 0.336 e. The van der Waals surface area contributed by atoms with Crippen LogP contribution in [0.3, 0.4) is 0 Å². The zero-order chi connectivity index (χ0) is 25.9. The zero-order valence-corrected chi connectivity index (χ0v) is 21.1. The molecule has 0 saturated heterocycles. The highest BCUT2D eigenvalue weighted by Gasteiger charge is 2.29. The van der Waals surface area contributed by atoms with E-state index in [1.165, 1.54) is 18.2 Å². The predicted octanol–water partition coefficient (Wildman–Crippen LogP) is 4.47. The van der Waals surface area contributed by atoms with Gasteiger partial charge >= 0.3 is 11.6 Å². The second-order valence-corrected chi connectivity index (χ2v) is 10.4. The van der Waals surface area contributed by atoms with Crippen LogP contribution in [-0.2, 0) is 27.7 Å². The van der Waals surface area contributed by atoms with Crippen molar-refractivity contribution in [1.82, 2.24) is 4.72 Å². The molecule has 186 valence electrons.